The first-order valence-electron chi connectivity index (χ1n) is 11.2. The van der Waals surface area contributed by atoms with E-state index in [1.54, 1.807) is 12.1 Å². The number of rotatable bonds is 8. The number of nitrogens with zero attached hydrogens (tertiary/aromatic N) is 1. The van der Waals surface area contributed by atoms with Crippen molar-refractivity contribution in [2.45, 2.75) is 55.5 Å². The largest absolute Gasteiger partial charge is 0.352 e. The quantitative estimate of drug-likeness (QED) is 0.639. The van der Waals surface area contributed by atoms with Crippen LogP contribution in [-0.4, -0.2) is 49.7 Å². The molecule has 2 aromatic carbocycles. The fourth-order valence-corrected chi connectivity index (χ4v) is 5.45. The van der Waals surface area contributed by atoms with Crippen molar-refractivity contribution in [1.29, 1.82) is 0 Å². The van der Waals surface area contributed by atoms with Gasteiger partial charge in [0.05, 0.1) is 4.90 Å². The van der Waals surface area contributed by atoms with Gasteiger partial charge in [-0.1, -0.05) is 42.8 Å². The van der Waals surface area contributed by atoms with Crippen LogP contribution in [-0.2, 0) is 21.2 Å². The van der Waals surface area contributed by atoms with Crippen molar-refractivity contribution in [2.24, 2.45) is 0 Å². The number of hydrogen-bond acceptors (Lipinski definition) is 4. The topological polar surface area (TPSA) is 95.6 Å². The number of nitrogens with one attached hydrogen (secondary N) is 2. The molecule has 0 spiro atoms. The molecule has 0 aromatic heterocycles. The highest BCUT2D eigenvalue weighted by molar-refractivity contribution is 7.89. The molecule has 32 heavy (non-hydrogen) atoms. The highest BCUT2D eigenvalue weighted by Gasteiger charge is 2.30. The van der Waals surface area contributed by atoms with Gasteiger partial charge >= 0.3 is 0 Å². The molecule has 2 aliphatic rings. The molecule has 2 aromatic rings. The Labute approximate surface area is 189 Å². The summed E-state index contributed by atoms with van der Waals surface area (Å²) in [5.41, 5.74) is 1.16. The molecule has 1 aliphatic heterocycles. The summed E-state index contributed by atoms with van der Waals surface area (Å²) in [5, 5.41) is 5.77. The average Bonchev–Trinajstić information content (AvgIpc) is 3.64. The second-order valence-corrected chi connectivity index (χ2v) is 10.4. The zero-order chi connectivity index (χ0) is 22.6. The monoisotopic (exact) mass is 455 g/mol. The van der Waals surface area contributed by atoms with Crippen LogP contribution in [0.4, 0.5) is 0 Å². The SMILES string of the molecule is O=C(NC(Cc1ccccc1)C(=O)NC1CC1)c1cccc(S(=O)(=O)N2CCCCC2)c1. The van der Waals surface area contributed by atoms with Gasteiger partial charge in [0.25, 0.3) is 5.91 Å². The number of carbonyl (C=O) groups excluding carboxylic acids is 2. The van der Waals surface area contributed by atoms with Gasteiger partial charge in [-0.25, -0.2) is 8.42 Å². The van der Waals surface area contributed by atoms with E-state index in [-0.39, 0.29) is 22.4 Å². The van der Waals surface area contributed by atoms with Crippen LogP contribution in [0.25, 0.3) is 0 Å². The van der Waals surface area contributed by atoms with E-state index in [1.807, 2.05) is 30.3 Å². The maximum atomic E-state index is 13.0. The second kappa shape index (κ2) is 9.83. The zero-order valence-electron chi connectivity index (χ0n) is 18.0. The molecule has 2 amide bonds. The Morgan fingerprint density at radius 2 is 1.69 bits per heavy atom. The number of hydrogen-bond donors (Lipinski definition) is 2. The lowest BCUT2D eigenvalue weighted by molar-refractivity contribution is -0.123. The van der Waals surface area contributed by atoms with E-state index >= 15 is 0 Å². The summed E-state index contributed by atoms with van der Waals surface area (Å²) in [4.78, 5) is 25.9. The van der Waals surface area contributed by atoms with E-state index in [0.29, 0.717) is 19.5 Å². The van der Waals surface area contributed by atoms with E-state index in [4.69, 9.17) is 0 Å². The van der Waals surface area contributed by atoms with Crippen molar-refractivity contribution in [1.82, 2.24) is 14.9 Å². The summed E-state index contributed by atoms with van der Waals surface area (Å²) in [6.45, 7) is 0.999. The smallest absolute Gasteiger partial charge is 0.251 e. The first kappa shape index (κ1) is 22.5. The Bertz CT molecular complexity index is 1060. The molecule has 1 saturated carbocycles. The molecule has 7 nitrogen and oxygen atoms in total. The predicted molar refractivity (Wildman–Crippen MR) is 122 cm³/mol. The molecular formula is C24H29N3O4S. The average molecular weight is 456 g/mol. The van der Waals surface area contributed by atoms with E-state index in [0.717, 1.165) is 37.7 Å². The second-order valence-electron chi connectivity index (χ2n) is 8.49. The highest BCUT2D eigenvalue weighted by atomic mass is 32.2. The Morgan fingerprint density at radius 3 is 2.38 bits per heavy atom. The fourth-order valence-electron chi connectivity index (χ4n) is 3.88. The van der Waals surface area contributed by atoms with Gasteiger partial charge in [0.2, 0.25) is 15.9 Å². The van der Waals surface area contributed by atoms with Crippen molar-refractivity contribution in [3.63, 3.8) is 0 Å². The minimum Gasteiger partial charge on any atom is -0.352 e. The third kappa shape index (κ3) is 5.55. The molecule has 8 heteroatoms. The van der Waals surface area contributed by atoms with Crippen molar-refractivity contribution >= 4 is 21.8 Å². The third-order valence-electron chi connectivity index (χ3n) is 5.88. The number of carbonyl (C=O) groups is 2. The molecule has 1 heterocycles. The molecule has 1 aliphatic carbocycles. The van der Waals surface area contributed by atoms with Gasteiger partial charge in [-0.2, -0.15) is 4.31 Å². The molecule has 4 rings (SSSR count). The van der Waals surface area contributed by atoms with Crippen LogP contribution in [0.5, 0.6) is 0 Å². The molecule has 0 radical (unpaired) electrons. The normalized spacial score (nSPS) is 18.0. The molecular weight excluding hydrogens is 426 g/mol. The Balaban J connectivity index is 1.51. The Hall–Kier alpha value is -2.71. The van der Waals surface area contributed by atoms with Crippen molar-refractivity contribution < 1.29 is 18.0 Å². The van der Waals surface area contributed by atoms with E-state index in [9.17, 15) is 18.0 Å². The maximum absolute atomic E-state index is 13.0. The molecule has 2 fully saturated rings. The van der Waals surface area contributed by atoms with Crippen molar-refractivity contribution in [3.05, 3.63) is 65.7 Å². The lowest BCUT2D eigenvalue weighted by Crippen LogP contribution is -2.48. The lowest BCUT2D eigenvalue weighted by atomic mass is 10.0. The molecule has 1 unspecified atom stereocenters. The summed E-state index contributed by atoms with van der Waals surface area (Å²) >= 11 is 0. The Morgan fingerprint density at radius 1 is 0.969 bits per heavy atom. The van der Waals surface area contributed by atoms with Crippen LogP contribution in [0, 0.1) is 0 Å². The van der Waals surface area contributed by atoms with Gasteiger partial charge < -0.3 is 10.6 Å². The minimum atomic E-state index is -3.64. The zero-order valence-corrected chi connectivity index (χ0v) is 18.8. The summed E-state index contributed by atoms with van der Waals surface area (Å²) < 4.78 is 27.5. The first-order valence-corrected chi connectivity index (χ1v) is 12.6. The predicted octanol–water partition coefficient (Wildman–Crippen LogP) is 2.48. The van der Waals surface area contributed by atoms with Crippen molar-refractivity contribution in [2.75, 3.05) is 13.1 Å². The standard InChI is InChI=1S/C24H29N3O4S/c28-23(19-10-7-11-21(17-19)32(30,31)27-14-5-2-6-15-27)26-22(24(29)25-20-12-13-20)16-18-8-3-1-4-9-18/h1,3-4,7-11,17,20,22H,2,5-6,12-16H2,(H,25,29)(H,26,28). The van der Waals surface area contributed by atoms with Crippen LogP contribution in [0.2, 0.25) is 0 Å². The molecule has 0 bridgehead atoms. The highest BCUT2D eigenvalue weighted by Crippen LogP contribution is 2.22. The Kier molecular flexibility index (Phi) is 6.91. The first-order chi connectivity index (χ1) is 15.4. The number of amides is 2. The van der Waals surface area contributed by atoms with Crippen LogP contribution in [0.15, 0.2) is 59.5 Å². The van der Waals surface area contributed by atoms with Gasteiger partial charge in [-0.05, 0) is 49.4 Å². The van der Waals surface area contributed by atoms with Gasteiger partial charge in [0.1, 0.15) is 6.04 Å². The van der Waals surface area contributed by atoms with Gasteiger partial charge in [-0.3, -0.25) is 9.59 Å². The maximum Gasteiger partial charge on any atom is 0.251 e. The summed E-state index contributed by atoms with van der Waals surface area (Å²) in [6, 6.07) is 15.0. The van der Waals surface area contributed by atoms with Gasteiger partial charge in [0, 0.05) is 31.1 Å². The third-order valence-corrected chi connectivity index (χ3v) is 7.77. The number of benzene rings is 2. The number of piperidine rings is 1. The summed E-state index contributed by atoms with van der Waals surface area (Å²) in [5.74, 6) is -0.686. The molecule has 1 atom stereocenters. The molecule has 2 N–H and O–H groups in total. The van der Waals surface area contributed by atoms with Crippen LogP contribution in [0.1, 0.15) is 48.0 Å². The minimum absolute atomic E-state index is 0.106. The van der Waals surface area contributed by atoms with Gasteiger partial charge in [0.15, 0.2) is 0 Å². The van der Waals surface area contributed by atoms with E-state index in [1.165, 1.54) is 16.4 Å². The molecule has 1 saturated heterocycles. The van der Waals surface area contributed by atoms with Crippen LogP contribution >= 0.6 is 0 Å². The summed E-state index contributed by atoms with van der Waals surface area (Å²) in [6.07, 6.45) is 4.98. The van der Waals surface area contributed by atoms with E-state index < -0.39 is 22.0 Å². The number of sulfonamides is 1. The fraction of sp³-hybridized carbons (Fsp3) is 0.417. The van der Waals surface area contributed by atoms with Crippen molar-refractivity contribution in [3.8, 4) is 0 Å². The van der Waals surface area contributed by atoms with Crippen LogP contribution < -0.4 is 10.6 Å². The molecule has 170 valence electrons. The lowest BCUT2D eigenvalue weighted by Gasteiger charge is -2.26. The summed E-state index contributed by atoms with van der Waals surface area (Å²) in [7, 11) is -3.64. The van der Waals surface area contributed by atoms with Gasteiger partial charge in [-0.15, -0.1) is 0 Å². The van der Waals surface area contributed by atoms with Crippen LogP contribution in [0.3, 0.4) is 0 Å². The van der Waals surface area contributed by atoms with E-state index in [2.05, 4.69) is 10.6 Å².